The molecule has 0 rings (SSSR count). The molecule has 5 heteroatoms. The van der Waals surface area contributed by atoms with E-state index < -0.39 is 5.97 Å². The van der Waals surface area contributed by atoms with Crippen molar-refractivity contribution in [3.63, 3.8) is 0 Å². The molecule has 0 fully saturated rings. The van der Waals surface area contributed by atoms with Crippen molar-refractivity contribution in [2.45, 2.75) is 33.2 Å². The normalized spacial score (nSPS) is 11.9. The van der Waals surface area contributed by atoms with E-state index in [2.05, 4.69) is 0 Å². The Kier molecular flexibility index (Phi) is 9.18. The van der Waals surface area contributed by atoms with Crippen LogP contribution in [0.15, 0.2) is 0 Å². The summed E-state index contributed by atoms with van der Waals surface area (Å²) in [6, 6.07) is 0. The second kappa shape index (κ2) is 8.83. The van der Waals surface area contributed by atoms with Gasteiger partial charge in [-0.05, 0) is 0 Å². The molecule has 0 saturated heterocycles. The summed E-state index contributed by atoms with van der Waals surface area (Å²) in [7, 11) is 0. The average molecular weight is 239 g/mol. The van der Waals surface area contributed by atoms with Gasteiger partial charge in [0.1, 0.15) is 0 Å². The molecule has 0 aromatic heterocycles. The summed E-state index contributed by atoms with van der Waals surface area (Å²) < 4.78 is 21.5. The molecule has 0 aromatic rings. The summed E-state index contributed by atoms with van der Waals surface area (Å²) in [5, 5.41) is 0. The van der Waals surface area contributed by atoms with Gasteiger partial charge in [-0.2, -0.15) is 0 Å². The molecular weight excluding hydrogens is 220 g/mol. The van der Waals surface area contributed by atoms with Crippen molar-refractivity contribution in [1.29, 1.82) is 0 Å². The van der Waals surface area contributed by atoms with E-state index in [1.54, 1.807) is 20.8 Å². The zero-order valence-corrected chi connectivity index (χ0v) is 10.7. The number of hydrogen-bond donors (Lipinski definition) is 0. The molecule has 0 N–H and O–H groups in total. The summed E-state index contributed by atoms with van der Waals surface area (Å²) in [4.78, 5) is 0. The molecule has 0 aliphatic rings. The fourth-order valence-electron chi connectivity index (χ4n) is 1.18. The van der Waals surface area contributed by atoms with E-state index in [1.165, 1.54) is 0 Å². The van der Waals surface area contributed by atoms with Crippen molar-refractivity contribution >= 4 is 0 Å². The van der Waals surface area contributed by atoms with Gasteiger partial charge in [0.15, 0.2) is 0 Å². The molecule has 0 amide bonds. The number of hydrogen-bond acceptors (Lipinski definition) is 4. The van der Waals surface area contributed by atoms with E-state index in [-0.39, 0.29) is 0 Å². The van der Waals surface area contributed by atoms with Gasteiger partial charge in [0.25, 0.3) is 0 Å². The number of rotatable bonds is 9. The van der Waals surface area contributed by atoms with Crippen LogP contribution in [0, 0.1) is 0 Å². The van der Waals surface area contributed by atoms with Gasteiger partial charge in [-0.1, -0.05) is 0 Å². The predicted molar refractivity (Wildman–Crippen MR) is 48.2 cm³/mol. The summed E-state index contributed by atoms with van der Waals surface area (Å²) in [6.07, 6.45) is 0.582. The second-order valence-corrected chi connectivity index (χ2v) is 3.03. The Balaban J connectivity index is 4.21. The Morgan fingerprint density at radius 3 is 1.64 bits per heavy atom. The molecular formula is C9H19O4Ti. The Morgan fingerprint density at radius 1 is 0.929 bits per heavy atom. The van der Waals surface area contributed by atoms with Crippen LogP contribution in [0.25, 0.3) is 0 Å². The summed E-state index contributed by atoms with van der Waals surface area (Å²) in [6.45, 7) is 7.98. The third-order valence-electron chi connectivity index (χ3n) is 1.60. The first-order valence-corrected chi connectivity index (χ1v) is 5.58. The van der Waals surface area contributed by atoms with Crippen LogP contribution in [-0.4, -0.2) is 32.4 Å². The Hall–Kier alpha value is 0.554. The fourth-order valence-corrected chi connectivity index (χ4v) is 1.34. The molecule has 0 atom stereocenters. The van der Waals surface area contributed by atoms with E-state index in [9.17, 15) is 0 Å². The fraction of sp³-hybridized carbons (Fsp3) is 1.00. The van der Waals surface area contributed by atoms with Crippen LogP contribution in [0.3, 0.4) is 0 Å². The van der Waals surface area contributed by atoms with Crippen LogP contribution < -0.4 is 0 Å². The van der Waals surface area contributed by atoms with Crippen LogP contribution in [0.4, 0.5) is 0 Å². The molecule has 0 aliphatic heterocycles. The zero-order valence-electron chi connectivity index (χ0n) is 9.17. The quantitative estimate of drug-likeness (QED) is 0.452. The Bertz CT molecular complexity index is 115. The minimum absolute atomic E-state index is 0.556. The van der Waals surface area contributed by atoms with Gasteiger partial charge < -0.3 is 0 Å². The molecule has 0 aliphatic carbocycles. The minimum atomic E-state index is -0.922. The second-order valence-electron chi connectivity index (χ2n) is 2.58. The maximum absolute atomic E-state index is 5.49. The Morgan fingerprint density at radius 2 is 1.36 bits per heavy atom. The van der Waals surface area contributed by atoms with Gasteiger partial charge in [0.2, 0.25) is 0 Å². The third-order valence-corrected chi connectivity index (χ3v) is 1.92. The van der Waals surface area contributed by atoms with Gasteiger partial charge in [0, 0.05) is 0 Å². The predicted octanol–water partition coefficient (Wildman–Crippen LogP) is 1.62. The van der Waals surface area contributed by atoms with Crippen LogP contribution in [-0.2, 0) is 38.4 Å². The molecule has 83 valence electrons. The molecule has 0 spiro atoms. The van der Waals surface area contributed by atoms with Crippen molar-refractivity contribution in [3.8, 4) is 0 Å². The van der Waals surface area contributed by atoms with Gasteiger partial charge in [-0.3, -0.25) is 0 Å². The summed E-state index contributed by atoms with van der Waals surface area (Å²) in [5.41, 5.74) is 0. The zero-order chi connectivity index (χ0) is 10.9. The molecule has 4 nitrogen and oxygen atoms in total. The summed E-state index contributed by atoms with van der Waals surface area (Å²) in [5.74, 6) is -0.922. The van der Waals surface area contributed by atoms with Crippen molar-refractivity contribution in [2.24, 2.45) is 0 Å². The topological polar surface area (TPSA) is 36.9 Å². The first-order valence-electron chi connectivity index (χ1n) is 4.95. The molecule has 0 aromatic carbocycles. The van der Waals surface area contributed by atoms with Crippen molar-refractivity contribution < 1.29 is 38.4 Å². The van der Waals surface area contributed by atoms with E-state index >= 15 is 0 Å². The van der Waals surface area contributed by atoms with E-state index in [1.807, 2.05) is 20.8 Å². The van der Waals surface area contributed by atoms with E-state index in [0.29, 0.717) is 32.8 Å². The standard InChI is InChI=1S/C9H19O4.Ti/c1-4-11-9(7-8-10,12-5-2)13-6-3;/h4-8H2,1-3H3;/q-1;+1. The molecule has 0 heterocycles. The maximum atomic E-state index is 5.49. The van der Waals surface area contributed by atoms with Crippen LogP contribution >= 0.6 is 0 Å². The first-order chi connectivity index (χ1) is 6.74. The van der Waals surface area contributed by atoms with E-state index in [0.717, 1.165) is 0 Å². The summed E-state index contributed by atoms with van der Waals surface area (Å²) >= 11 is 1.65. The third kappa shape index (κ3) is 5.44. The molecule has 0 unspecified atom stereocenters. The average Bonchev–Trinajstić information content (AvgIpc) is 2.16. The van der Waals surface area contributed by atoms with Crippen LogP contribution in [0.1, 0.15) is 27.2 Å². The van der Waals surface area contributed by atoms with Gasteiger partial charge >= 0.3 is 97.9 Å². The van der Waals surface area contributed by atoms with Gasteiger partial charge in [-0.15, -0.1) is 0 Å². The van der Waals surface area contributed by atoms with Crippen molar-refractivity contribution in [1.82, 2.24) is 0 Å². The van der Waals surface area contributed by atoms with Crippen LogP contribution in [0.5, 0.6) is 0 Å². The molecule has 14 heavy (non-hydrogen) atoms. The molecule has 0 radical (unpaired) electrons. The van der Waals surface area contributed by atoms with Gasteiger partial charge in [0.05, 0.1) is 0 Å². The monoisotopic (exact) mass is 239 g/mol. The first kappa shape index (κ1) is 14.6. The van der Waals surface area contributed by atoms with Crippen molar-refractivity contribution in [3.05, 3.63) is 0 Å². The Labute approximate surface area is 98.1 Å². The van der Waals surface area contributed by atoms with Gasteiger partial charge in [-0.25, -0.2) is 0 Å². The SMILES string of the molecule is CCOC(CC[O][Ti])(OCC)OCC. The van der Waals surface area contributed by atoms with Crippen molar-refractivity contribution in [2.75, 3.05) is 26.4 Å². The molecule has 0 saturated carbocycles. The molecule has 0 bridgehead atoms. The van der Waals surface area contributed by atoms with Crippen LogP contribution in [0.2, 0.25) is 0 Å². The van der Waals surface area contributed by atoms with E-state index in [4.69, 9.17) is 17.5 Å². The number of ether oxygens (including phenoxy) is 3.